The van der Waals surface area contributed by atoms with Crippen LogP contribution in [0.3, 0.4) is 0 Å². The Labute approximate surface area is 120 Å². The van der Waals surface area contributed by atoms with E-state index in [0.717, 1.165) is 45.3 Å². The lowest BCUT2D eigenvalue weighted by Gasteiger charge is -2.41. The summed E-state index contributed by atoms with van der Waals surface area (Å²) in [6.07, 6.45) is 3.71. The van der Waals surface area contributed by atoms with Crippen molar-refractivity contribution in [2.45, 2.75) is 31.7 Å². The molecule has 0 spiro atoms. The van der Waals surface area contributed by atoms with E-state index >= 15 is 0 Å². The van der Waals surface area contributed by atoms with Gasteiger partial charge in [-0.2, -0.15) is 0 Å². The lowest BCUT2D eigenvalue weighted by atomic mass is 9.94. The smallest absolute Gasteiger partial charge is 0.409 e. The third-order valence-electron chi connectivity index (χ3n) is 4.33. The second kappa shape index (κ2) is 6.92. The Balaban J connectivity index is 1.93. The Kier molecular flexibility index (Phi) is 5.23. The summed E-state index contributed by atoms with van der Waals surface area (Å²) in [6.45, 7) is 3.19. The number of likely N-dealkylation sites (tertiary alicyclic amines) is 2. The van der Waals surface area contributed by atoms with Gasteiger partial charge in [-0.25, -0.2) is 4.79 Å². The van der Waals surface area contributed by atoms with E-state index in [2.05, 4.69) is 4.90 Å². The molecule has 2 aliphatic rings. The normalized spacial score (nSPS) is 28.0. The van der Waals surface area contributed by atoms with Crippen LogP contribution in [0.25, 0.3) is 0 Å². The topological polar surface area (TPSA) is 59.1 Å². The highest BCUT2D eigenvalue weighted by atomic mass is 16.5. The van der Waals surface area contributed by atoms with Crippen LogP contribution < -0.4 is 0 Å². The Morgan fingerprint density at radius 3 is 2.45 bits per heavy atom. The molecule has 0 aromatic carbocycles. The second-order valence-electron chi connectivity index (χ2n) is 5.57. The van der Waals surface area contributed by atoms with Crippen molar-refractivity contribution < 1.29 is 19.1 Å². The molecule has 6 heteroatoms. The molecule has 6 nitrogen and oxygen atoms in total. The summed E-state index contributed by atoms with van der Waals surface area (Å²) in [5.41, 5.74) is 0. The predicted molar refractivity (Wildman–Crippen MR) is 73.3 cm³/mol. The first-order valence-corrected chi connectivity index (χ1v) is 7.30. The Bertz CT molecular complexity index is 327. The van der Waals surface area contributed by atoms with Crippen molar-refractivity contribution in [1.82, 2.24) is 9.80 Å². The molecule has 1 amide bonds. The van der Waals surface area contributed by atoms with Gasteiger partial charge in [0.25, 0.3) is 0 Å². The molecule has 0 N–H and O–H groups in total. The van der Waals surface area contributed by atoms with Gasteiger partial charge in [0.15, 0.2) is 0 Å². The monoisotopic (exact) mass is 284 g/mol. The van der Waals surface area contributed by atoms with Gasteiger partial charge in [-0.05, 0) is 32.2 Å². The molecule has 2 heterocycles. The van der Waals surface area contributed by atoms with Gasteiger partial charge in [-0.15, -0.1) is 0 Å². The summed E-state index contributed by atoms with van der Waals surface area (Å²) >= 11 is 0. The van der Waals surface area contributed by atoms with Crippen LogP contribution in [-0.4, -0.2) is 68.3 Å². The highest BCUT2D eigenvalue weighted by molar-refractivity contribution is 5.72. The molecule has 20 heavy (non-hydrogen) atoms. The molecular formula is C14H24N2O4. The number of carbonyl (C=O) groups is 2. The summed E-state index contributed by atoms with van der Waals surface area (Å²) in [4.78, 5) is 27.4. The van der Waals surface area contributed by atoms with Gasteiger partial charge in [0.05, 0.1) is 20.1 Å². The highest BCUT2D eigenvalue weighted by Crippen LogP contribution is 2.24. The number of methoxy groups -OCH3 is 2. The maximum atomic E-state index is 11.7. The maximum absolute atomic E-state index is 11.7. The van der Waals surface area contributed by atoms with Crippen molar-refractivity contribution in [1.29, 1.82) is 0 Å². The molecule has 0 radical (unpaired) electrons. The molecule has 2 aliphatic heterocycles. The summed E-state index contributed by atoms with van der Waals surface area (Å²) in [6, 6.07) is 0.329. The van der Waals surface area contributed by atoms with Crippen LogP contribution in [0.4, 0.5) is 4.79 Å². The third-order valence-corrected chi connectivity index (χ3v) is 4.33. The minimum atomic E-state index is -0.253. The largest absolute Gasteiger partial charge is 0.469 e. The number of hydrogen-bond acceptors (Lipinski definition) is 5. The van der Waals surface area contributed by atoms with E-state index in [1.54, 1.807) is 4.90 Å². The van der Waals surface area contributed by atoms with E-state index in [1.165, 1.54) is 14.2 Å². The number of nitrogens with zero attached hydrogens (tertiary/aromatic N) is 2. The molecule has 2 atom stereocenters. The fraction of sp³-hybridized carbons (Fsp3) is 0.857. The molecular weight excluding hydrogens is 260 g/mol. The molecule has 2 saturated heterocycles. The van der Waals surface area contributed by atoms with Crippen molar-refractivity contribution >= 4 is 12.1 Å². The average Bonchev–Trinajstić information content (AvgIpc) is 2.53. The van der Waals surface area contributed by atoms with Gasteiger partial charge in [-0.1, -0.05) is 0 Å². The summed E-state index contributed by atoms with van der Waals surface area (Å²) in [7, 11) is 2.86. The van der Waals surface area contributed by atoms with Crippen LogP contribution in [0, 0.1) is 5.92 Å². The van der Waals surface area contributed by atoms with E-state index < -0.39 is 0 Å². The first kappa shape index (κ1) is 15.1. The first-order chi connectivity index (χ1) is 9.65. The van der Waals surface area contributed by atoms with Crippen molar-refractivity contribution in [2.24, 2.45) is 5.92 Å². The van der Waals surface area contributed by atoms with Gasteiger partial charge in [0.1, 0.15) is 0 Å². The van der Waals surface area contributed by atoms with Gasteiger partial charge in [-0.3, -0.25) is 9.69 Å². The van der Waals surface area contributed by atoms with Crippen molar-refractivity contribution in [3.05, 3.63) is 0 Å². The third kappa shape index (κ3) is 3.42. The van der Waals surface area contributed by atoms with Crippen LogP contribution in [0.15, 0.2) is 0 Å². The number of amides is 1. The van der Waals surface area contributed by atoms with E-state index in [4.69, 9.17) is 9.47 Å². The highest BCUT2D eigenvalue weighted by Gasteiger charge is 2.33. The maximum Gasteiger partial charge on any atom is 0.409 e. The van der Waals surface area contributed by atoms with Crippen LogP contribution in [-0.2, 0) is 14.3 Å². The lowest BCUT2D eigenvalue weighted by molar-refractivity contribution is -0.147. The van der Waals surface area contributed by atoms with Crippen LogP contribution >= 0.6 is 0 Å². The molecule has 114 valence electrons. The summed E-state index contributed by atoms with van der Waals surface area (Å²) in [5.74, 6) is -0.141. The Hall–Kier alpha value is -1.30. The Morgan fingerprint density at radius 2 is 1.75 bits per heavy atom. The molecule has 0 unspecified atom stereocenters. The second-order valence-corrected chi connectivity index (χ2v) is 5.57. The van der Waals surface area contributed by atoms with Gasteiger partial charge < -0.3 is 14.4 Å². The number of hydrogen-bond donors (Lipinski definition) is 0. The predicted octanol–water partition coefficient (Wildman–Crippen LogP) is 1.10. The number of ether oxygens (including phenoxy) is 2. The molecule has 0 saturated carbocycles. The van der Waals surface area contributed by atoms with Crippen molar-refractivity contribution in [3.63, 3.8) is 0 Å². The minimum Gasteiger partial charge on any atom is -0.469 e. The zero-order valence-electron chi connectivity index (χ0n) is 12.3. The molecule has 0 aromatic heterocycles. The first-order valence-electron chi connectivity index (χ1n) is 7.30. The number of carbonyl (C=O) groups excluding carboxylic acids is 2. The quantitative estimate of drug-likeness (QED) is 0.711. The van der Waals surface area contributed by atoms with E-state index in [1.807, 2.05) is 0 Å². The molecule has 0 bridgehead atoms. The van der Waals surface area contributed by atoms with E-state index in [9.17, 15) is 9.59 Å². The SMILES string of the molecule is COC(=O)[C@H]1CCCN([C@H]2CCCN(C(=O)OC)C2)C1. The zero-order chi connectivity index (χ0) is 14.5. The minimum absolute atomic E-state index is 0.0257. The molecule has 2 rings (SSSR count). The van der Waals surface area contributed by atoms with E-state index in [0.29, 0.717) is 12.6 Å². The lowest BCUT2D eigenvalue weighted by Crippen LogP contribution is -2.53. The number of piperidine rings is 2. The van der Waals surface area contributed by atoms with Crippen LogP contribution in [0.1, 0.15) is 25.7 Å². The molecule has 2 fully saturated rings. The fourth-order valence-corrected chi connectivity index (χ4v) is 3.24. The molecule has 0 aliphatic carbocycles. The molecule has 0 aromatic rings. The van der Waals surface area contributed by atoms with Gasteiger partial charge in [0, 0.05) is 25.7 Å². The number of rotatable bonds is 2. The summed E-state index contributed by atoms with van der Waals surface area (Å²) < 4.78 is 9.65. The summed E-state index contributed by atoms with van der Waals surface area (Å²) in [5, 5.41) is 0. The number of esters is 1. The van der Waals surface area contributed by atoms with Crippen molar-refractivity contribution in [2.75, 3.05) is 40.4 Å². The van der Waals surface area contributed by atoms with Gasteiger partial charge in [0.2, 0.25) is 0 Å². The standard InChI is InChI=1S/C14H24N2O4/c1-19-13(17)11-5-3-7-15(9-11)12-6-4-8-16(10-12)14(18)20-2/h11-12H,3-10H2,1-2H3/t11-,12-/m0/s1. The van der Waals surface area contributed by atoms with E-state index in [-0.39, 0.29) is 18.0 Å². The van der Waals surface area contributed by atoms with Crippen LogP contribution in [0.2, 0.25) is 0 Å². The zero-order valence-corrected chi connectivity index (χ0v) is 12.3. The van der Waals surface area contributed by atoms with Crippen LogP contribution in [0.5, 0.6) is 0 Å². The van der Waals surface area contributed by atoms with Crippen molar-refractivity contribution in [3.8, 4) is 0 Å². The van der Waals surface area contributed by atoms with Gasteiger partial charge >= 0.3 is 12.1 Å². The Morgan fingerprint density at radius 1 is 1.00 bits per heavy atom. The fourth-order valence-electron chi connectivity index (χ4n) is 3.24. The average molecular weight is 284 g/mol.